The van der Waals surface area contributed by atoms with Gasteiger partial charge in [0, 0.05) is 11.4 Å². The minimum atomic E-state index is 1.19. The van der Waals surface area contributed by atoms with E-state index >= 15 is 0 Å². The Balaban J connectivity index is 1.71. The van der Waals surface area contributed by atoms with Crippen LogP contribution in [-0.4, -0.2) is 9.13 Å². The lowest BCUT2D eigenvalue weighted by molar-refractivity contribution is 1.14. The number of thiophene rings is 2. The fourth-order valence-corrected chi connectivity index (χ4v) is 5.77. The lowest BCUT2D eigenvalue weighted by Gasteiger charge is -2.10. The minimum absolute atomic E-state index is 1.19. The summed E-state index contributed by atoms with van der Waals surface area (Å²) in [5.41, 5.74) is 9.82. The SMILES string of the molecule is Cc1ccc(-n2c(-c3cccs3)cc3c2cc(-c2cccs2)n3-c2ccc(C)cc2)cc1. The van der Waals surface area contributed by atoms with Gasteiger partial charge in [-0.2, -0.15) is 0 Å². The van der Waals surface area contributed by atoms with Gasteiger partial charge in [0.25, 0.3) is 0 Å². The Morgan fingerprint density at radius 2 is 0.938 bits per heavy atom. The van der Waals surface area contributed by atoms with Crippen molar-refractivity contribution in [2.75, 3.05) is 0 Å². The monoisotopic (exact) mass is 450 g/mol. The smallest absolute Gasteiger partial charge is 0.0725 e. The molecule has 4 aromatic heterocycles. The highest BCUT2D eigenvalue weighted by Gasteiger charge is 2.21. The van der Waals surface area contributed by atoms with E-state index < -0.39 is 0 Å². The highest BCUT2D eigenvalue weighted by Crippen LogP contribution is 2.40. The molecule has 4 heterocycles. The fraction of sp³-hybridized carbons (Fsp3) is 0.0714. The van der Waals surface area contributed by atoms with Crippen molar-refractivity contribution in [2.45, 2.75) is 13.8 Å². The van der Waals surface area contributed by atoms with Gasteiger partial charge in [0.15, 0.2) is 0 Å². The van der Waals surface area contributed by atoms with Gasteiger partial charge < -0.3 is 9.13 Å². The van der Waals surface area contributed by atoms with Gasteiger partial charge in [0.05, 0.1) is 32.2 Å². The van der Waals surface area contributed by atoms with E-state index in [0.717, 1.165) is 0 Å². The predicted molar refractivity (Wildman–Crippen MR) is 139 cm³/mol. The van der Waals surface area contributed by atoms with Gasteiger partial charge in [-0.3, -0.25) is 0 Å². The van der Waals surface area contributed by atoms with Gasteiger partial charge in [-0.1, -0.05) is 47.5 Å². The van der Waals surface area contributed by atoms with Gasteiger partial charge in [-0.05, 0) is 73.1 Å². The molecule has 0 saturated carbocycles. The number of aromatic nitrogens is 2. The molecule has 156 valence electrons. The zero-order valence-corrected chi connectivity index (χ0v) is 19.6. The molecule has 0 saturated heterocycles. The number of hydrogen-bond donors (Lipinski definition) is 0. The molecule has 0 aliphatic heterocycles. The van der Waals surface area contributed by atoms with Crippen molar-refractivity contribution >= 4 is 33.7 Å². The number of benzene rings is 2. The van der Waals surface area contributed by atoms with E-state index in [1.807, 2.05) is 0 Å². The van der Waals surface area contributed by atoms with Crippen LogP contribution in [0.25, 0.3) is 43.6 Å². The third-order valence-corrected chi connectivity index (χ3v) is 7.69. The molecule has 0 aliphatic rings. The van der Waals surface area contributed by atoms with Crippen molar-refractivity contribution in [3.05, 3.63) is 107 Å². The molecular weight excluding hydrogens is 428 g/mol. The van der Waals surface area contributed by atoms with Gasteiger partial charge >= 0.3 is 0 Å². The summed E-state index contributed by atoms with van der Waals surface area (Å²) in [6, 6.07) is 31.0. The maximum atomic E-state index is 2.41. The van der Waals surface area contributed by atoms with E-state index in [-0.39, 0.29) is 0 Å². The largest absolute Gasteiger partial charge is 0.307 e. The third kappa shape index (κ3) is 3.15. The zero-order valence-electron chi connectivity index (χ0n) is 17.9. The van der Waals surface area contributed by atoms with Crippen LogP contribution in [0.5, 0.6) is 0 Å². The normalized spacial score (nSPS) is 11.4. The zero-order chi connectivity index (χ0) is 21.7. The summed E-state index contributed by atoms with van der Waals surface area (Å²) in [6.07, 6.45) is 0. The number of nitrogens with zero attached hydrogens (tertiary/aromatic N) is 2. The summed E-state index contributed by atoms with van der Waals surface area (Å²) in [5, 5.41) is 4.30. The Kier molecular flexibility index (Phi) is 4.63. The lowest BCUT2D eigenvalue weighted by Crippen LogP contribution is -1.95. The number of rotatable bonds is 4. The van der Waals surface area contributed by atoms with Gasteiger partial charge in [0.1, 0.15) is 0 Å². The molecule has 0 aliphatic carbocycles. The van der Waals surface area contributed by atoms with Gasteiger partial charge in [-0.15, -0.1) is 22.7 Å². The first kappa shape index (κ1) is 19.4. The highest BCUT2D eigenvalue weighted by molar-refractivity contribution is 7.13. The molecule has 0 unspecified atom stereocenters. The standard InChI is InChI=1S/C28H22N2S2/c1-19-7-11-21(12-8-19)29-23-17-26(28-6-4-16-32-28)30(22-13-9-20(2)10-14-22)24(23)18-25(29)27-5-3-15-31-27/h3-18H,1-2H3. The van der Waals surface area contributed by atoms with Crippen LogP contribution in [0.4, 0.5) is 0 Å². The highest BCUT2D eigenvalue weighted by atomic mass is 32.1. The lowest BCUT2D eigenvalue weighted by atomic mass is 10.2. The van der Waals surface area contributed by atoms with E-state index in [0.29, 0.717) is 0 Å². The molecule has 0 bridgehead atoms. The van der Waals surface area contributed by atoms with Crippen molar-refractivity contribution in [2.24, 2.45) is 0 Å². The topological polar surface area (TPSA) is 9.86 Å². The quantitative estimate of drug-likeness (QED) is 0.255. The molecule has 0 amide bonds. The molecule has 2 aromatic carbocycles. The second kappa shape index (κ2) is 7.66. The van der Waals surface area contributed by atoms with Crippen LogP contribution in [0, 0.1) is 13.8 Å². The Hall–Kier alpha value is -3.34. The first-order valence-electron chi connectivity index (χ1n) is 10.7. The van der Waals surface area contributed by atoms with Gasteiger partial charge in [0.2, 0.25) is 0 Å². The van der Waals surface area contributed by atoms with E-state index in [1.165, 1.54) is 54.7 Å². The Labute approximate surface area is 195 Å². The molecule has 0 radical (unpaired) electrons. The second-order valence-corrected chi connectivity index (χ2v) is 10.0. The second-order valence-electron chi connectivity index (χ2n) is 8.13. The molecule has 2 nitrogen and oxygen atoms in total. The minimum Gasteiger partial charge on any atom is -0.307 e. The van der Waals surface area contributed by atoms with Crippen LogP contribution in [0.3, 0.4) is 0 Å². The number of fused-ring (bicyclic) bond motifs is 1. The van der Waals surface area contributed by atoms with Crippen LogP contribution in [0.2, 0.25) is 0 Å². The van der Waals surface area contributed by atoms with Gasteiger partial charge in [-0.25, -0.2) is 0 Å². The van der Waals surface area contributed by atoms with Crippen molar-refractivity contribution in [1.29, 1.82) is 0 Å². The number of aryl methyl sites for hydroxylation is 2. The molecule has 32 heavy (non-hydrogen) atoms. The van der Waals surface area contributed by atoms with E-state index in [4.69, 9.17) is 0 Å². The van der Waals surface area contributed by atoms with Crippen LogP contribution in [0.15, 0.2) is 95.7 Å². The summed E-state index contributed by atoms with van der Waals surface area (Å²) < 4.78 is 4.81. The Morgan fingerprint density at radius 3 is 1.28 bits per heavy atom. The van der Waals surface area contributed by atoms with Crippen LogP contribution >= 0.6 is 22.7 Å². The molecule has 0 spiro atoms. The summed E-state index contributed by atoms with van der Waals surface area (Å²) >= 11 is 3.57. The average Bonchev–Trinajstić information content (AvgIpc) is 3.58. The summed E-state index contributed by atoms with van der Waals surface area (Å²) in [6.45, 7) is 4.27. The van der Waals surface area contributed by atoms with Crippen molar-refractivity contribution < 1.29 is 0 Å². The summed E-state index contributed by atoms with van der Waals surface area (Å²) in [5.74, 6) is 0. The molecule has 4 heteroatoms. The van der Waals surface area contributed by atoms with E-state index in [1.54, 1.807) is 22.7 Å². The Morgan fingerprint density at radius 1 is 0.531 bits per heavy atom. The first-order valence-corrected chi connectivity index (χ1v) is 12.4. The van der Waals surface area contributed by atoms with Crippen LogP contribution in [-0.2, 0) is 0 Å². The molecule has 0 fully saturated rings. The van der Waals surface area contributed by atoms with Crippen LogP contribution in [0.1, 0.15) is 11.1 Å². The Bertz CT molecular complexity index is 1380. The molecule has 6 rings (SSSR count). The number of hydrogen-bond acceptors (Lipinski definition) is 2. The van der Waals surface area contributed by atoms with Crippen molar-refractivity contribution in [1.82, 2.24) is 9.13 Å². The third-order valence-electron chi connectivity index (χ3n) is 5.90. The molecule has 6 aromatic rings. The summed E-state index contributed by atoms with van der Waals surface area (Å²) in [4.78, 5) is 2.55. The summed E-state index contributed by atoms with van der Waals surface area (Å²) in [7, 11) is 0. The van der Waals surface area contributed by atoms with Crippen molar-refractivity contribution in [3.63, 3.8) is 0 Å². The predicted octanol–water partition coefficient (Wildman–Crippen LogP) is 8.50. The molecule has 0 atom stereocenters. The maximum Gasteiger partial charge on any atom is 0.0725 e. The van der Waals surface area contributed by atoms with E-state index in [9.17, 15) is 0 Å². The average molecular weight is 451 g/mol. The molecular formula is C28H22N2S2. The fourth-order valence-electron chi connectivity index (χ4n) is 4.31. The maximum absolute atomic E-state index is 2.41. The first-order chi connectivity index (χ1) is 15.7. The van der Waals surface area contributed by atoms with Crippen molar-refractivity contribution in [3.8, 4) is 32.5 Å². The molecule has 0 N–H and O–H groups in total. The van der Waals surface area contributed by atoms with E-state index in [2.05, 4.69) is 119 Å². The van der Waals surface area contributed by atoms with Crippen LogP contribution < -0.4 is 0 Å².